The highest BCUT2D eigenvalue weighted by atomic mass is 16.2. The molecular weight excluding hydrogens is 256 g/mol. The standard InChI is InChI=1S/C14H22N4O2/c1-3-10(2)13(15)14(20)17-9-6-12(19)18-11-4-7-16-8-5-11/h4-5,7-8,10,13H,3,6,9,15H2,1-2H3,(H,17,20)(H,16,18,19). The molecule has 6 heteroatoms. The van der Waals surface area contributed by atoms with Gasteiger partial charge in [-0.05, 0) is 18.1 Å². The molecule has 1 heterocycles. The Balaban J connectivity index is 2.27. The van der Waals surface area contributed by atoms with Gasteiger partial charge < -0.3 is 16.4 Å². The molecule has 0 saturated heterocycles. The van der Waals surface area contributed by atoms with Gasteiger partial charge in [0.2, 0.25) is 11.8 Å². The van der Waals surface area contributed by atoms with Crippen molar-refractivity contribution in [1.82, 2.24) is 10.3 Å². The molecule has 1 aromatic heterocycles. The van der Waals surface area contributed by atoms with Crippen molar-refractivity contribution in [3.05, 3.63) is 24.5 Å². The highest BCUT2D eigenvalue weighted by Crippen LogP contribution is 2.05. The van der Waals surface area contributed by atoms with Gasteiger partial charge >= 0.3 is 0 Å². The Morgan fingerprint density at radius 2 is 2.00 bits per heavy atom. The zero-order valence-electron chi connectivity index (χ0n) is 11.9. The van der Waals surface area contributed by atoms with Crippen molar-refractivity contribution in [2.45, 2.75) is 32.7 Å². The fraction of sp³-hybridized carbons (Fsp3) is 0.500. The van der Waals surface area contributed by atoms with E-state index in [0.717, 1.165) is 6.42 Å². The normalized spacial score (nSPS) is 13.3. The van der Waals surface area contributed by atoms with E-state index in [9.17, 15) is 9.59 Å². The number of pyridine rings is 1. The fourth-order valence-corrected chi connectivity index (χ4v) is 1.59. The van der Waals surface area contributed by atoms with Crippen LogP contribution >= 0.6 is 0 Å². The lowest BCUT2D eigenvalue weighted by Gasteiger charge is -2.17. The quantitative estimate of drug-likeness (QED) is 0.690. The van der Waals surface area contributed by atoms with Crippen molar-refractivity contribution >= 4 is 17.5 Å². The Kier molecular flexibility index (Phi) is 6.66. The van der Waals surface area contributed by atoms with E-state index < -0.39 is 6.04 Å². The number of carbonyl (C=O) groups excluding carboxylic acids is 2. The summed E-state index contributed by atoms with van der Waals surface area (Å²) >= 11 is 0. The largest absolute Gasteiger partial charge is 0.354 e. The second-order valence-electron chi connectivity index (χ2n) is 4.74. The number of aromatic nitrogens is 1. The topological polar surface area (TPSA) is 97.1 Å². The van der Waals surface area contributed by atoms with Crippen LogP contribution in [0.3, 0.4) is 0 Å². The van der Waals surface area contributed by atoms with Gasteiger partial charge in [0.05, 0.1) is 6.04 Å². The smallest absolute Gasteiger partial charge is 0.237 e. The molecule has 0 fully saturated rings. The first kappa shape index (κ1) is 16.1. The van der Waals surface area contributed by atoms with Crippen molar-refractivity contribution in [2.75, 3.05) is 11.9 Å². The van der Waals surface area contributed by atoms with Crippen LogP contribution in [-0.4, -0.2) is 29.4 Å². The molecule has 0 saturated carbocycles. The van der Waals surface area contributed by atoms with Gasteiger partial charge in [0.15, 0.2) is 0 Å². The predicted molar refractivity (Wildman–Crippen MR) is 77.9 cm³/mol. The van der Waals surface area contributed by atoms with Crippen molar-refractivity contribution in [2.24, 2.45) is 11.7 Å². The summed E-state index contributed by atoms with van der Waals surface area (Å²) < 4.78 is 0. The van der Waals surface area contributed by atoms with Crippen LogP contribution in [0.15, 0.2) is 24.5 Å². The number of nitrogens with zero attached hydrogens (tertiary/aromatic N) is 1. The molecule has 1 rings (SSSR count). The third kappa shape index (κ3) is 5.36. The lowest BCUT2D eigenvalue weighted by Crippen LogP contribution is -2.45. The Morgan fingerprint density at radius 3 is 2.60 bits per heavy atom. The number of anilines is 1. The van der Waals surface area contributed by atoms with E-state index in [1.807, 2.05) is 13.8 Å². The number of rotatable bonds is 7. The average molecular weight is 278 g/mol. The van der Waals surface area contributed by atoms with Gasteiger partial charge in [-0.3, -0.25) is 14.6 Å². The van der Waals surface area contributed by atoms with Gasteiger partial charge in [-0.1, -0.05) is 20.3 Å². The summed E-state index contributed by atoms with van der Waals surface area (Å²) in [4.78, 5) is 27.2. The molecule has 0 aliphatic rings. The van der Waals surface area contributed by atoms with E-state index in [4.69, 9.17) is 5.73 Å². The van der Waals surface area contributed by atoms with Gasteiger partial charge in [0.25, 0.3) is 0 Å². The maximum absolute atomic E-state index is 11.7. The summed E-state index contributed by atoms with van der Waals surface area (Å²) in [7, 11) is 0. The summed E-state index contributed by atoms with van der Waals surface area (Å²) in [6.07, 6.45) is 4.25. The van der Waals surface area contributed by atoms with Crippen molar-refractivity contribution in [1.29, 1.82) is 0 Å². The highest BCUT2D eigenvalue weighted by Gasteiger charge is 2.18. The third-order valence-electron chi connectivity index (χ3n) is 3.18. The van der Waals surface area contributed by atoms with Gasteiger partial charge in [-0.25, -0.2) is 0 Å². The lowest BCUT2D eigenvalue weighted by molar-refractivity contribution is -0.123. The van der Waals surface area contributed by atoms with Gasteiger partial charge in [0, 0.05) is 31.0 Å². The second kappa shape index (κ2) is 8.27. The van der Waals surface area contributed by atoms with Crippen LogP contribution in [0, 0.1) is 5.92 Å². The summed E-state index contributed by atoms with van der Waals surface area (Å²) in [6, 6.07) is 2.88. The third-order valence-corrected chi connectivity index (χ3v) is 3.18. The molecule has 2 amide bonds. The number of carbonyl (C=O) groups is 2. The Hall–Kier alpha value is -1.95. The molecule has 0 spiro atoms. The van der Waals surface area contributed by atoms with E-state index in [1.165, 1.54) is 0 Å². The number of nitrogens with two attached hydrogens (primary N) is 1. The molecule has 1 aromatic rings. The summed E-state index contributed by atoms with van der Waals surface area (Å²) in [5.41, 5.74) is 6.48. The van der Waals surface area contributed by atoms with Crippen molar-refractivity contribution < 1.29 is 9.59 Å². The summed E-state index contributed by atoms with van der Waals surface area (Å²) in [5, 5.41) is 5.39. The number of hydrogen-bond donors (Lipinski definition) is 3. The molecule has 20 heavy (non-hydrogen) atoms. The first-order chi connectivity index (χ1) is 9.54. The minimum Gasteiger partial charge on any atom is -0.354 e. The fourth-order valence-electron chi connectivity index (χ4n) is 1.59. The van der Waals surface area contributed by atoms with Crippen LogP contribution in [0.25, 0.3) is 0 Å². The summed E-state index contributed by atoms with van der Waals surface area (Å²) in [5.74, 6) is -0.245. The van der Waals surface area contributed by atoms with E-state index >= 15 is 0 Å². The van der Waals surface area contributed by atoms with Gasteiger partial charge in [-0.2, -0.15) is 0 Å². The van der Waals surface area contributed by atoms with E-state index in [-0.39, 0.29) is 30.7 Å². The number of hydrogen-bond acceptors (Lipinski definition) is 4. The minimum absolute atomic E-state index is 0.126. The highest BCUT2D eigenvalue weighted by molar-refractivity contribution is 5.91. The first-order valence-electron chi connectivity index (χ1n) is 6.77. The minimum atomic E-state index is -0.525. The van der Waals surface area contributed by atoms with E-state index in [1.54, 1.807) is 24.5 Å². The molecule has 0 bridgehead atoms. The van der Waals surface area contributed by atoms with Crippen molar-refractivity contribution in [3.63, 3.8) is 0 Å². The number of amides is 2. The van der Waals surface area contributed by atoms with Crippen LogP contribution in [0.1, 0.15) is 26.7 Å². The van der Waals surface area contributed by atoms with Crippen molar-refractivity contribution in [3.8, 4) is 0 Å². The van der Waals surface area contributed by atoms with Crippen LogP contribution < -0.4 is 16.4 Å². The zero-order valence-corrected chi connectivity index (χ0v) is 11.9. The second-order valence-corrected chi connectivity index (χ2v) is 4.74. The molecule has 6 nitrogen and oxygen atoms in total. The monoisotopic (exact) mass is 278 g/mol. The molecule has 110 valence electrons. The Morgan fingerprint density at radius 1 is 1.35 bits per heavy atom. The Labute approximate surface area is 119 Å². The lowest BCUT2D eigenvalue weighted by atomic mass is 9.99. The van der Waals surface area contributed by atoms with Crippen LogP contribution in [-0.2, 0) is 9.59 Å². The molecule has 0 aliphatic carbocycles. The number of nitrogens with one attached hydrogen (secondary N) is 2. The van der Waals surface area contributed by atoms with Gasteiger partial charge in [-0.15, -0.1) is 0 Å². The molecule has 2 atom stereocenters. The Bertz CT molecular complexity index is 436. The summed E-state index contributed by atoms with van der Waals surface area (Å²) in [6.45, 7) is 4.19. The van der Waals surface area contributed by atoms with Crippen LogP contribution in [0.5, 0.6) is 0 Å². The average Bonchev–Trinajstić information content (AvgIpc) is 2.46. The molecule has 0 radical (unpaired) electrons. The molecule has 0 aromatic carbocycles. The van der Waals surface area contributed by atoms with E-state index in [0.29, 0.717) is 5.69 Å². The maximum atomic E-state index is 11.7. The SMILES string of the molecule is CCC(C)C(N)C(=O)NCCC(=O)Nc1ccncc1. The first-order valence-corrected chi connectivity index (χ1v) is 6.77. The molecular formula is C14H22N4O2. The van der Waals surface area contributed by atoms with E-state index in [2.05, 4.69) is 15.6 Å². The molecule has 4 N–H and O–H groups in total. The zero-order chi connectivity index (χ0) is 15.0. The molecule has 2 unspecified atom stereocenters. The van der Waals surface area contributed by atoms with Crippen LogP contribution in [0.4, 0.5) is 5.69 Å². The van der Waals surface area contributed by atoms with Crippen LogP contribution in [0.2, 0.25) is 0 Å². The maximum Gasteiger partial charge on any atom is 0.237 e. The molecule has 0 aliphatic heterocycles. The predicted octanol–water partition coefficient (Wildman–Crippen LogP) is 0.900. The van der Waals surface area contributed by atoms with Gasteiger partial charge in [0.1, 0.15) is 0 Å².